The molecule has 1 N–H and O–H groups in total. The molecule has 2 aliphatic heterocycles. The summed E-state index contributed by atoms with van der Waals surface area (Å²) in [5.74, 6) is 0.811. The molecule has 4 heterocycles. The molecule has 8 nitrogen and oxygen atoms in total. The van der Waals surface area contributed by atoms with Crippen molar-refractivity contribution in [3.05, 3.63) is 46.7 Å². The second-order valence-electron chi connectivity index (χ2n) is 9.28. The summed E-state index contributed by atoms with van der Waals surface area (Å²) < 4.78 is 11.5. The van der Waals surface area contributed by atoms with Gasteiger partial charge in [0.25, 0.3) is 0 Å². The highest BCUT2D eigenvalue weighted by Gasteiger charge is 2.27. The standard InChI is InChI=1S/C24H32N4O4/c1-15-13-28(14-16(2)32-15)23-10-19(18-5-7-31-8-6-20(18)27-23)21(29)9-17-11-26-22(12-25-17)24(3,4)30/h10-12,15-16,30H,5-9,13-14H2,1-4H3/t15-,16+. The Morgan fingerprint density at radius 3 is 2.53 bits per heavy atom. The van der Waals surface area contributed by atoms with Crippen molar-refractivity contribution >= 4 is 11.6 Å². The number of carbonyl (C=O) groups is 1. The average Bonchev–Trinajstić information content (AvgIpc) is 2.97. The van der Waals surface area contributed by atoms with Crippen LogP contribution < -0.4 is 4.90 Å². The van der Waals surface area contributed by atoms with Gasteiger partial charge in [-0.2, -0.15) is 0 Å². The molecule has 1 fully saturated rings. The topological polar surface area (TPSA) is 97.7 Å². The summed E-state index contributed by atoms with van der Waals surface area (Å²) in [6, 6.07) is 1.93. The molecule has 0 bridgehead atoms. The fraction of sp³-hybridized carbons (Fsp3) is 0.583. The molecule has 2 atom stereocenters. The van der Waals surface area contributed by atoms with Crippen LogP contribution in [0.3, 0.4) is 0 Å². The van der Waals surface area contributed by atoms with Crippen LogP contribution in [0.5, 0.6) is 0 Å². The van der Waals surface area contributed by atoms with Crippen LogP contribution in [0, 0.1) is 0 Å². The van der Waals surface area contributed by atoms with E-state index in [2.05, 4.69) is 28.7 Å². The Bertz CT molecular complexity index is 961. The third-order valence-electron chi connectivity index (χ3n) is 5.89. The molecule has 8 heteroatoms. The highest BCUT2D eigenvalue weighted by molar-refractivity contribution is 5.99. The minimum absolute atomic E-state index is 0.00790. The van der Waals surface area contributed by atoms with Gasteiger partial charge in [-0.25, -0.2) is 4.98 Å². The third kappa shape index (κ3) is 5.14. The number of hydrogen-bond acceptors (Lipinski definition) is 8. The van der Waals surface area contributed by atoms with Crippen LogP contribution >= 0.6 is 0 Å². The van der Waals surface area contributed by atoms with E-state index in [0.29, 0.717) is 43.0 Å². The van der Waals surface area contributed by atoms with Gasteiger partial charge in [0.15, 0.2) is 5.78 Å². The maximum absolute atomic E-state index is 13.4. The monoisotopic (exact) mass is 440 g/mol. The summed E-state index contributed by atoms with van der Waals surface area (Å²) in [5, 5.41) is 10.1. The number of morpholine rings is 1. The van der Waals surface area contributed by atoms with Crippen LogP contribution in [0.15, 0.2) is 18.5 Å². The van der Waals surface area contributed by atoms with E-state index in [4.69, 9.17) is 14.5 Å². The lowest BCUT2D eigenvalue weighted by molar-refractivity contribution is -0.00547. The average molecular weight is 441 g/mol. The van der Waals surface area contributed by atoms with Gasteiger partial charge in [0, 0.05) is 37.0 Å². The van der Waals surface area contributed by atoms with Gasteiger partial charge in [0.05, 0.1) is 49.4 Å². The number of pyridine rings is 1. The molecule has 0 aromatic carbocycles. The number of anilines is 1. The zero-order valence-corrected chi connectivity index (χ0v) is 19.3. The lowest BCUT2D eigenvalue weighted by atomic mass is 9.96. The zero-order valence-electron chi connectivity index (χ0n) is 19.3. The van der Waals surface area contributed by atoms with Crippen molar-refractivity contribution in [1.29, 1.82) is 0 Å². The number of fused-ring (bicyclic) bond motifs is 1. The summed E-state index contributed by atoms with van der Waals surface area (Å²) in [6.07, 6.45) is 4.82. The second kappa shape index (κ2) is 9.21. The molecule has 172 valence electrons. The third-order valence-corrected chi connectivity index (χ3v) is 5.89. The first-order valence-electron chi connectivity index (χ1n) is 11.3. The normalized spacial score (nSPS) is 21.7. The molecule has 0 aliphatic carbocycles. The van der Waals surface area contributed by atoms with Crippen molar-refractivity contribution in [3.8, 4) is 0 Å². The summed E-state index contributed by atoms with van der Waals surface area (Å²) in [6.45, 7) is 10.1. The Kier molecular flexibility index (Phi) is 6.55. The number of rotatable bonds is 5. The Morgan fingerprint density at radius 2 is 1.88 bits per heavy atom. The Labute approximate surface area is 189 Å². The molecule has 4 rings (SSSR count). The van der Waals surface area contributed by atoms with Gasteiger partial charge in [0.2, 0.25) is 0 Å². The summed E-state index contributed by atoms with van der Waals surface area (Å²) in [5.41, 5.74) is 2.59. The highest BCUT2D eigenvalue weighted by Crippen LogP contribution is 2.27. The number of aliphatic hydroxyl groups is 1. The molecule has 2 aromatic rings. The van der Waals surface area contributed by atoms with Crippen LogP contribution in [0.25, 0.3) is 0 Å². The lowest BCUT2D eigenvalue weighted by Gasteiger charge is -2.36. The number of nitrogens with zero attached hydrogens (tertiary/aromatic N) is 4. The van der Waals surface area contributed by atoms with Gasteiger partial charge >= 0.3 is 0 Å². The number of Topliss-reactive ketones (excluding diaryl/α,β-unsaturated/α-hetero) is 1. The van der Waals surface area contributed by atoms with Crippen LogP contribution in [0.2, 0.25) is 0 Å². The van der Waals surface area contributed by atoms with Crippen LogP contribution in [-0.2, 0) is 34.3 Å². The van der Waals surface area contributed by atoms with E-state index in [1.807, 2.05) is 6.07 Å². The number of ether oxygens (including phenoxy) is 2. The van der Waals surface area contributed by atoms with Gasteiger partial charge in [-0.3, -0.25) is 14.8 Å². The quantitative estimate of drug-likeness (QED) is 0.707. The minimum Gasteiger partial charge on any atom is -0.384 e. The number of hydrogen-bond donors (Lipinski definition) is 1. The molecule has 0 spiro atoms. The van der Waals surface area contributed by atoms with E-state index in [0.717, 1.165) is 30.2 Å². The van der Waals surface area contributed by atoms with E-state index in [-0.39, 0.29) is 24.4 Å². The Morgan fingerprint density at radius 1 is 1.16 bits per heavy atom. The van der Waals surface area contributed by atoms with Gasteiger partial charge in [0.1, 0.15) is 11.4 Å². The molecule has 0 unspecified atom stereocenters. The van der Waals surface area contributed by atoms with Crippen molar-refractivity contribution in [2.24, 2.45) is 0 Å². The first-order valence-corrected chi connectivity index (χ1v) is 11.3. The van der Waals surface area contributed by atoms with Gasteiger partial charge in [-0.1, -0.05) is 0 Å². The number of aromatic nitrogens is 3. The molecular formula is C24H32N4O4. The maximum Gasteiger partial charge on any atom is 0.169 e. The lowest BCUT2D eigenvalue weighted by Crippen LogP contribution is -2.46. The van der Waals surface area contributed by atoms with Gasteiger partial charge in [-0.05, 0) is 45.7 Å². The van der Waals surface area contributed by atoms with E-state index < -0.39 is 5.60 Å². The summed E-state index contributed by atoms with van der Waals surface area (Å²) >= 11 is 0. The van der Waals surface area contributed by atoms with Crippen LogP contribution in [-0.4, -0.2) is 64.4 Å². The van der Waals surface area contributed by atoms with Crippen LogP contribution in [0.4, 0.5) is 5.82 Å². The van der Waals surface area contributed by atoms with Crippen molar-refractivity contribution in [3.63, 3.8) is 0 Å². The smallest absolute Gasteiger partial charge is 0.169 e. The van der Waals surface area contributed by atoms with Crippen molar-refractivity contribution < 1.29 is 19.4 Å². The first-order chi connectivity index (χ1) is 15.2. The van der Waals surface area contributed by atoms with E-state index in [1.165, 1.54) is 6.20 Å². The van der Waals surface area contributed by atoms with Crippen molar-refractivity contribution in [1.82, 2.24) is 15.0 Å². The van der Waals surface area contributed by atoms with Gasteiger partial charge in [-0.15, -0.1) is 0 Å². The van der Waals surface area contributed by atoms with E-state index in [1.54, 1.807) is 20.0 Å². The summed E-state index contributed by atoms with van der Waals surface area (Å²) in [7, 11) is 0. The first kappa shape index (κ1) is 22.8. The van der Waals surface area contributed by atoms with Crippen molar-refractivity contribution in [2.45, 2.75) is 64.8 Å². The van der Waals surface area contributed by atoms with E-state index in [9.17, 15) is 9.90 Å². The van der Waals surface area contributed by atoms with Crippen molar-refractivity contribution in [2.75, 3.05) is 31.2 Å². The summed E-state index contributed by atoms with van der Waals surface area (Å²) in [4.78, 5) is 29.2. The number of ketones is 1. The molecule has 1 saturated heterocycles. The molecule has 2 aliphatic rings. The second-order valence-corrected chi connectivity index (χ2v) is 9.28. The Balaban J connectivity index is 1.64. The highest BCUT2D eigenvalue weighted by atomic mass is 16.5. The molecule has 2 aromatic heterocycles. The maximum atomic E-state index is 13.4. The van der Waals surface area contributed by atoms with E-state index >= 15 is 0 Å². The molecule has 0 radical (unpaired) electrons. The predicted octanol–water partition coefficient (Wildman–Crippen LogP) is 2.25. The molecule has 0 amide bonds. The minimum atomic E-state index is -1.07. The fourth-order valence-electron chi connectivity index (χ4n) is 4.34. The molecule has 32 heavy (non-hydrogen) atoms. The van der Waals surface area contributed by atoms with Gasteiger partial charge < -0.3 is 19.5 Å². The zero-order chi connectivity index (χ0) is 22.9. The Hall–Kier alpha value is -2.42. The van der Waals surface area contributed by atoms with Crippen LogP contribution in [0.1, 0.15) is 60.7 Å². The molecular weight excluding hydrogens is 408 g/mol. The predicted molar refractivity (Wildman–Crippen MR) is 120 cm³/mol. The largest absolute Gasteiger partial charge is 0.384 e. The fourth-order valence-corrected chi connectivity index (χ4v) is 4.34. The molecule has 0 saturated carbocycles. The number of carbonyl (C=O) groups excluding carboxylic acids is 1. The SMILES string of the molecule is C[C@@H]1CN(c2cc(C(=O)Cc3cnc(C(C)(C)O)cn3)c3c(n2)CCOCC3)C[C@H](C)O1.